The lowest BCUT2D eigenvalue weighted by molar-refractivity contribution is 0.0811. The number of halogens is 1. The molecule has 0 spiro atoms. The summed E-state index contributed by atoms with van der Waals surface area (Å²) in [5.41, 5.74) is 7.34. The van der Waals surface area contributed by atoms with Crippen molar-refractivity contribution in [2.24, 2.45) is 0 Å². The van der Waals surface area contributed by atoms with Crippen LogP contribution in [0.25, 0.3) is 10.9 Å². The zero-order valence-corrected chi connectivity index (χ0v) is 13.6. The van der Waals surface area contributed by atoms with Gasteiger partial charge in [-0.25, -0.2) is 0 Å². The van der Waals surface area contributed by atoms with E-state index in [0.29, 0.717) is 37.9 Å². The van der Waals surface area contributed by atoms with Gasteiger partial charge in [-0.05, 0) is 24.6 Å². The number of benzene rings is 1. The fourth-order valence-electron chi connectivity index (χ4n) is 1.93. The molecular weight excluding hydrogens is 336 g/mol. The Labute approximate surface area is 132 Å². The van der Waals surface area contributed by atoms with Crippen LogP contribution in [0.4, 0.5) is 5.69 Å². The van der Waals surface area contributed by atoms with Gasteiger partial charge in [-0.15, -0.1) is 0 Å². The van der Waals surface area contributed by atoms with E-state index in [1.54, 1.807) is 13.3 Å². The van der Waals surface area contributed by atoms with Crippen LogP contribution < -0.4 is 10.5 Å². The van der Waals surface area contributed by atoms with Crippen LogP contribution in [0.15, 0.2) is 28.9 Å². The monoisotopic (exact) mass is 354 g/mol. The van der Waals surface area contributed by atoms with Gasteiger partial charge in [0, 0.05) is 30.2 Å². The first-order valence-corrected chi connectivity index (χ1v) is 7.55. The molecule has 0 unspecified atom stereocenters. The predicted octanol–water partition coefficient (Wildman–Crippen LogP) is 3.01. The maximum Gasteiger partial charge on any atom is 0.153 e. The normalized spacial score (nSPS) is 11.0. The topological polar surface area (TPSA) is 66.6 Å². The van der Waals surface area contributed by atoms with Crippen LogP contribution in [0.5, 0.6) is 5.75 Å². The van der Waals surface area contributed by atoms with Crippen molar-refractivity contribution in [1.29, 1.82) is 0 Å². The largest absolute Gasteiger partial charge is 0.488 e. The number of fused-ring (bicyclic) bond motifs is 1. The molecule has 6 heteroatoms. The van der Waals surface area contributed by atoms with E-state index in [9.17, 15) is 0 Å². The molecule has 0 aliphatic heterocycles. The second-order valence-electron chi connectivity index (χ2n) is 4.51. The summed E-state index contributed by atoms with van der Waals surface area (Å²) in [5, 5.41) is 0.892. The maximum atomic E-state index is 5.96. The molecule has 0 bridgehead atoms. The number of rotatable bonds is 8. The van der Waals surface area contributed by atoms with Gasteiger partial charge in [0.25, 0.3) is 0 Å². The van der Waals surface area contributed by atoms with Gasteiger partial charge in [0.15, 0.2) is 5.75 Å². The number of nitrogens with two attached hydrogens (primary N) is 1. The van der Waals surface area contributed by atoms with E-state index in [1.807, 2.05) is 18.2 Å². The van der Waals surface area contributed by atoms with Crippen LogP contribution in [0.3, 0.4) is 0 Å². The summed E-state index contributed by atoms with van der Waals surface area (Å²) in [6.45, 7) is 2.33. The van der Waals surface area contributed by atoms with Gasteiger partial charge < -0.3 is 19.9 Å². The molecule has 1 aromatic heterocycles. The molecule has 2 rings (SSSR count). The summed E-state index contributed by atoms with van der Waals surface area (Å²) in [4.78, 5) is 4.29. The van der Waals surface area contributed by atoms with Crippen molar-refractivity contribution in [3.05, 3.63) is 28.9 Å². The third-order valence-electron chi connectivity index (χ3n) is 2.92. The first kappa shape index (κ1) is 16.0. The highest BCUT2D eigenvalue weighted by molar-refractivity contribution is 9.10. The van der Waals surface area contributed by atoms with Crippen LogP contribution >= 0.6 is 15.9 Å². The van der Waals surface area contributed by atoms with E-state index >= 15 is 0 Å². The molecule has 0 aliphatic carbocycles. The standard InChI is InChI=1S/C15H19BrN2O3/c1-19-5-2-6-20-7-8-21-15-12-9-11(16)3-4-14(12)18-10-13(15)17/h3-4,9-10H,2,5-8,17H2,1H3. The molecule has 0 aliphatic rings. The first-order chi connectivity index (χ1) is 10.2. The van der Waals surface area contributed by atoms with Crippen LogP contribution in [-0.4, -0.2) is 38.5 Å². The molecule has 21 heavy (non-hydrogen) atoms. The van der Waals surface area contributed by atoms with Gasteiger partial charge in [0.2, 0.25) is 0 Å². The Morgan fingerprint density at radius 3 is 2.86 bits per heavy atom. The van der Waals surface area contributed by atoms with Crippen molar-refractivity contribution >= 4 is 32.5 Å². The minimum absolute atomic E-state index is 0.447. The number of pyridine rings is 1. The number of hydrogen-bond donors (Lipinski definition) is 1. The molecule has 0 atom stereocenters. The minimum Gasteiger partial charge on any atom is -0.488 e. The Morgan fingerprint density at radius 2 is 2.05 bits per heavy atom. The number of methoxy groups -OCH3 is 1. The third kappa shape index (κ3) is 4.56. The molecule has 1 heterocycles. The minimum atomic E-state index is 0.447. The summed E-state index contributed by atoms with van der Waals surface area (Å²) < 4.78 is 17.1. The average molecular weight is 355 g/mol. The number of anilines is 1. The van der Waals surface area contributed by atoms with Crippen molar-refractivity contribution in [2.75, 3.05) is 39.3 Å². The van der Waals surface area contributed by atoms with E-state index < -0.39 is 0 Å². The maximum absolute atomic E-state index is 5.96. The van der Waals surface area contributed by atoms with Crippen LogP contribution in [0, 0.1) is 0 Å². The Kier molecular flexibility index (Phi) is 6.22. The van der Waals surface area contributed by atoms with Gasteiger partial charge in [-0.3, -0.25) is 4.98 Å². The van der Waals surface area contributed by atoms with Crippen LogP contribution in [0.2, 0.25) is 0 Å². The van der Waals surface area contributed by atoms with E-state index in [2.05, 4.69) is 20.9 Å². The number of aromatic nitrogens is 1. The smallest absolute Gasteiger partial charge is 0.153 e. The first-order valence-electron chi connectivity index (χ1n) is 6.75. The predicted molar refractivity (Wildman–Crippen MR) is 86.7 cm³/mol. The highest BCUT2D eigenvalue weighted by atomic mass is 79.9. The Balaban J connectivity index is 1.95. The number of nitrogen functional groups attached to an aromatic ring is 1. The zero-order valence-electron chi connectivity index (χ0n) is 12.0. The van der Waals surface area contributed by atoms with Crippen molar-refractivity contribution in [3.8, 4) is 5.75 Å². The van der Waals surface area contributed by atoms with Gasteiger partial charge in [0.1, 0.15) is 6.61 Å². The lowest BCUT2D eigenvalue weighted by Gasteiger charge is -2.12. The fraction of sp³-hybridized carbons (Fsp3) is 0.400. The quantitative estimate of drug-likeness (QED) is 0.738. The van der Waals surface area contributed by atoms with Gasteiger partial charge >= 0.3 is 0 Å². The molecule has 2 N–H and O–H groups in total. The molecule has 0 saturated carbocycles. The number of nitrogens with zero attached hydrogens (tertiary/aromatic N) is 1. The van der Waals surface area contributed by atoms with Gasteiger partial charge in [-0.1, -0.05) is 15.9 Å². The molecule has 0 amide bonds. The van der Waals surface area contributed by atoms with Gasteiger partial charge in [-0.2, -0.15) is 0 Å². The molecular formula is C15H19BrN2O3. The second kappa shape index (κ2) is 8.17. The van der Waals surface area contributed by atoms with Gasteiger partial charge in [0.05, 0.1) is 24.0 Å². The number of ether oxygens (including phenoxy) is 3. The highest BCUT2D eigenvalue weighted by Gasteiger charge is 2.08. The molecule has 2 aromatic rings. The summed E-state index contributed by atoms with van der Waals surface area (Å²) in [5.74, 6) is 0.654. The fourth-order valence-corrected chi connectivity index (χ4v) is 2.29. The summed E-state index contributed by atoms with van der Waals surface area (Å²) in [6.07, 6.45) is 2.49. The summed E-state index contributed by atoms with van der Waals surface area (Å²) >= 11 is 3.45. The zero-order chi connectivity index (χ0) is 15.1. The van der Waals surface area contributed by atoms with E-state index in [4.69, 9.17) is 19.9 Å². The summed E-state index contributed by atoms with van der Waals surface area (Å²) in [7, 11) is 1.68. The lowest BCUT2D eigenvalue weighted by Crippen LogP contribution is -2.10. The molecule has 0 radical (unpaired) electrons. The SMILES string of the molecule is COCCCOCCOc1c(N)cnc2ccc(Br)cc12. The van der Waals surface area contributed by atoms with E-state index in [0.717, 1.165) is 21.8 Å². The molecule has 0 saturated heterocycles. The Hall–Kier alpha value is -1.37. The highest BCUT2D eigenvalue weighted by Crippen LogP contribution is 2.32. The number of hydrogen-bond acceptors (Lipinski definition) is 5. The lowest BCUT2D eigenvalue weighted by atomic mass is 10.2. The molecule has 5 nitrogen and oxygen atoms in total. The van der Waals surface area contributed by atoms with Crippen molar-refractivity contribution in [2.45, 2.75) is 6.42 Å². The average Bonchev–Trinajstić information content (AvgIpc) is 2.48. The second-order valence-corrected chi connectivity index (χ2v) is 5.43. The van der Waals surface area contributed by atoms with Crippen molar-refractivity contribution in [1.82, 2.24) is 4.98 Å². The molecule has 0 fully saturated rings. The van der Waals surface area contributed by atoms with Crippen LogP contribution in [0.1, 0.15) is 6.42 Å². The Bertz CT molecular complexity index is 587. The molecule has 1 aromatic carbocycles. The summed E-state index contributed by atoms with van der Waals surface area (Å²) in [6, 6.07) is 5.81. The molecule has 114 valence electrons. The van der Waals surface area contributed by atoms with Crippen molar-refractivity contribution in [3.63, 3.8) is 0 Å². The van der Waals surface area contributed by atoms with E-state index in [1.165, 1.54) is 0 Å². The van der Waals surface area contributed by atoms with Crippen molar-refractivity contribution < 1.29 is 14.2 Å². The van der Waals surface area contributed by atoms with Crippen LogP contribution in [-0.2, 0) is 9.47 Å². The Morgan fingerprint density at radius 1 is 1.19 bits per heavy atom. The third-order valence-corrected chi connectivity index (χ3v) is 3.41. The van der Waals surface area contributed by atoms with E-state index in [-0.39, 0.29) is 0 Å².